The minimum absolute atomic E-state index is 0.693. The average molecular weight is 464 g/mol. The van der Waals surface area contributed by atoms with E-state index in [1.165, 1.54) is 51.3 Å². The summed E-state index contributed by atoms with van der Waals surface area (Å²) in [5.41, 5.74) is 5.01. The number of fused-ring (bicyclic) bond motifs is 2. The van der Waals surface area contributed by atoms with Gasteiger partial charge in [0.2, 0.25) is 0 Å². The Balaban J connectivity index is 1.17. The summed E-state index contributed by atoms with van der Waals surface area (Å²) < 4.78 is 0. The van der Waals surface area contributed by atoms with E-state index < -0.39 is 0 Å². The molecule has 2 aliphatic rings. The van der Waals surface area contributed by atoms with Crippen molar-refractivity contribution < 1.29 is 0 Å². The monoisotopic (exact) mass is 463 g/mol. The lowest BCUT2D eigenvalue weighted by molar-refractivity contribution is 0.0878. The smallest absolute Gasteiger partial charge is 0.159 e. The van der Waals surface area contributed by atoms with E-state index in [1.54, 1.807) is 0 Å². The van der Waals surface area contributed by atoms with Crippen LogP contribution in [-0.4, -0.2) is 81.8 Å². The van der Waals surface area contributed by atoms with Gasteiger partial charge in [-0.25, -0.2) is 4.98 Å². The average Bonchev–Trinajstić information content (AvgIpc) is 3.47. The van der Waals surface area contributed by atoms with Crippen molar-refractivity contribution in [2.75, 3.05) is 50.7 Å². The van der Waals surface area contributed by atoms with Gasteiger partial charge in [0, 0.05) is 61.4 Å². The number of piperazine rings is 1. The van der Waals surface area contributed by atoms with Crippen LogP contribution >= 0.6 is 11.6 Å². The van der Waals surface area contributed by atoms with Gasteiger partial charge in [0.15, 0.2) is 5.82 Å². The number of hydrogen-bond donors (Lipinski definition) is 2. The maximum atomic E-state index is 6.11. The molecule has 8 heteroatoms. The molecule has 2 saturated heterocycles. The summed E-state index contributed by atoms with van der Waals surface area (Å²) in [5.74, 6) is 0.778. The van der Waals surface area contributed by atoms with E-state index >= 15 is 0 Å². The van der Waals surface area contributed by atoms with Gasteiger partial charge < -0.3 is 14.8 Å². The summed E-state index contributed by atoms with van der Waals surface area (Å²) >= 11 is 6.11. The summed E-state index contributed by atoms with van der Waals surface area (Å²) in [6.07, 6.45) is 2.47. The Kier molecular flexibility index (Phi) is 5.48. The summed E-state index contributed by atoms with van der Waals surface area (Å²) in [6, 6.07) is 13.0. The minimum atomic E-state index is 0.693. The number of piperidine rings is 1. The zero-order chi connectivity index (χ0) is 22.4. The van der Waals surface area contributed by atoms with Crippen LogP contribution in [0.5, 0.6) is 0 Å². The molecule has 0 aliphatic carbocycles. The van der Waals surface area contributed by atoms with Crippen LogP contribution in [0.2, 0.25) is 5.02 Å². The Morgan fingerprint density at radius 3 is 2.58 bits per heavy atom. The van der Waals surface area contributed by atoms with Crippen LogP contribution in [-0.2, 0) is 0 Å². The number of anilines is 1. The zero-order valence-corrected chi connectivity index (χ0v) is 19.8. The van der Waals surface area contributed by atoms with Gasteiger partial charge in [0.05, 0.1) is 16.6 Å². The Hall–Kier alpha value is -2.61. The number of rotatable bonds is 4. The minimum Gasteiger partial charge on any atom is -0.371 e. The van der Waals surface area contributed by atoms with Crippen molar-refractivity contribution in [2.24, 2.45) is 0 Å². The van der Waals surface area contributed by atoms with E-state index in [2.05, 4.69) is 55.0 Å². The third-order valence-corrected chi connectivity index (χ3v) is 7.65. The fraction of sp³-hybridized carbons (Fsp3) is 0.440. The predicted molar refractivity (Wildman–Crippen MR) is 135 cm³/mol. The van der Waals surface area contributed by atoms with Gasteiger partial charge in [0.25, 0.3) is 0 Å². The topological polar surface area (TPSA) is 67.1 Å². The quantitative estimate of drug-likeness (QED) is 0.470. The van der Waals surface area contributed by atoms with Crippen LogP contribution in [0.3, 0.4) is 0 Å². The number of imidazole rings is 1. The van der Waals surface area contributed by atoms with Gasteiger partial charge in [-0.2, -0.15) is 5.10 Å². The van der Waals surface area contributed by atoms with E-state index in [9.17, 15) is 0 Å². The van der Waals surface area contributed by atoms with Gasteiger partial charge in [-0.3, -0.25) is 10.00 Å². The first-order valence-electron chi connectivity index (χ1n) is 12.0. The second-order valence-electron chi connectivity index (χ2n) is 9.24. The normalized spacial score (nSPS) is 19.2. The highest BCUT2D eigenvalue weighted by atomic mass is 35.5. The molecule has 0 atom stereocenters. The molecule has 7 nitrogen and oxygen atoms in total. The molecule has 2 aliphatic heterocycles. The van der Waals surface area contributed by atoms with Crippen LogP contribution in [0.25, 0.3) is 33.5 Å². The van der Waals surface area contributed by atoms with Gasteiger partial charge >= 0.3 is 0 Å². The number of halogens is 1. The number of nitrogens with zero attached hydrogens (tertiary/aromatic N) is 5. The molecule has 2 N–H and O–H groups in total. The van der Waals surface area contributed by atoms with Gasteiger partial charge in [-0.05, 0) is 55.8 Å². The number of H-pyrrole nitrogens is 2. The van der Waals surface area contributed by atoms with E-state index in [0.717, 1.165) is 52.6 Å². The first-order valence-corrected chi connectivity index (χ1v) is 12.4. The lowest BCUT2D eigenvalue weighted by atomic mass is 10.0. The molecule has 33 heavy (non-hydrogen) atoms. The number of nitrogens with one attached hydrogen (secondary N) is 2. The molecule has 0 spiro atoms. The lowest BCUT2D eigenvalue weighted by Gasteiger charge is -2.43. The molecular weight excluding hydrogens is 434 g/mol. The number of benzene rings is 2. The molecule has 0 bridgehead atoms. The first-order chi connectivity index (χ1) is 16.2. The molecule has 0 amide bonds. The molecule has 4 aromatic rings. The number of likely N-dealkylation sites (N-methyl/N-ethyl adjacent to an activating group) is 1. The summed E-state index contributed by atoms with van der Waals surface area (Å²) in [7, 11) is 0. The van der Waals surface area contributed by atoms with Gasteiger partial charge in [0.1, 0.15) is 5.69 Å². The van der Waals surface area contributed by atoms with Crippen LogP contribution < -0.4 is 4.90 Å². The van der Waals surface area contributed by atoms with E-state index in [0.29, 0.717) is 5.02 Å². The van der Waals surface area contributed by atoms with Crippen molar-refractivity contribution in [2.45, 2.75) is 25.8 Å². The SMILES string of the molecule is CCN1CCN(C2CCN(c3ccc4nc(-c5n[nH]c6cc(Cl)ccc56)[nH]c4c3)CC2)CC1. The number of hydrogen-bond acceptors (Lipinski definition) is 5. The van der Waals surface area contributed by atoms with Crippen LogP contribution in [0, 0.1) is 0 Å². The molecule has 0 radical (unpaired) electrons. The second-order valence-corrected chi connectivity index (χ2v) is 9.67. The second kappa shape index (κ2) is 8.63. The number of aromatic nitrogens is 4. The third kappa shape index (κ3) is 3.98. The fourth-order valence-electron chi connectivity index (χ4n) is 5.41. The third-order valence-electron chi connectivity index (χ3n) is 7.41. The molecule has 4 heterocycles. The van der Waals surface area contributed by atoms with Crippen molar-refractivity contribution in [1.29, 1.82) is 0 Å². The van der Waals surface area contributed by atoms with Crippen LogP contribution in [0.4, 0.5) is 5.69 Å². The maximum absolute atomic E-state index is 6.11. The number of aromatic amines is 2. The fourth-order valence-corrected chi connectivity index (χ4v) is 5.58. The first kappa shape index (κ1) is 21.0. The molecule has 0 unspecified atom stereocenters. The highest BCUT2D eigenvalue weighted by molar-refractivity contribution is 6.31. The van der Waals surface area contributed by atoms with E-state index in [1.807, 2.05) is 18.2 Å². The van der Waals surface area contributed by atoms with Gasteiger partial charge in [-0.1, -0.05) is 18.5 Å². The molecule has 2 fully saturated rings. The molecule has 6 rings (SSSR count). The van der Waals surface area contributed by atoms with Crippen molar-refractivity contribution in [3.8, 4) is 11.5 Å². The molecular formula is C25H30ClN7. The van der Waals surface area contributed by atoms with Crippen molar-refractivity contribution in [3.05, 3.63) is 41.4 Å². The van der Waals surface area contributed by atoms with E-state index in [-0.39, 0.29) is 0 Å². The Morgan fingerprint density at radius 1 is 0.970 bits per heavy atom. The molecule has 2 aromatic carbocycles. The highest BCUT2D eigenvalue weighted by Crippen LogP contribution is 2.30. The Labute approximate surface area is 198 Å². The van der Waals surface area contributed by atoms with Crippen LogP contribution in [0.1, 0.15) is 19.8 Å². The Morgan fingerprint density at radius 2 is 1.79 bits per heavy atom. The van der Waals surface area contributed by atoms with E-state index in [4.69, 9.17) is 16.6 Å². The van der Waals surface area contributed by atoms with Crippen molar-refractivity contribution >= 4 is 39.2 Å². The molecule has 0 saturated carbocycles. The van der Waals surface area contributed by atoms with Crippen molar-refractivity contribution in [1.82, 2.24) is 30.0 Å². The zero-order valence-electron chi connectivity index (χ0n) is 19.0. The summed E-state index contributed by atoms with van der Waals surface area (Å²) in [5, 5.41) is 9.25. The maximum Gasteiger partial charge on any atom is 0.159 e. The predicted octanol–water partition coefficient (Wildman–Crippen LogP) is 4.37. The van der Waals surface area contributed by atoms with Crippen molar-refractivity contribution in [3.63, 3.8) is 0 Å². The van der Waals surface area contributed by atoms with Gasteiger partial charge in [-0.15, -0.1) is 0 Å². The lowest BCUT2D eigenvalue weighted by Crippen LogP contribution is -2.53. The largest absolute Gasteiger partial charge is 0.371 e. The Bertz CT molecular complexity index is 1260. The molecule has 2 aromatic heterocycles. The molecule has 172 valence electrons. The summed E-state index contributed by atoms with van der Waals surface area (Å²) in [4.78, 5) is 16.1. The summed E-state index contributed by atoms with van der Waals surface area (Å²) in [6.45, 7) is 10.5. The highest BCUT2D eigenvalue weighted by Gasteiger charge is 2.27. The van der Waals surface area contributed by atoms with Crippen LogP contribution in [0.15, 0.2) is 36.4 Å². The standard InChI is InChI=1S/C25H30ClN7/c1-2-31-11-13-33(14-12-31)18-7-9-32(10-8-18)19-4-6-21-23(16-19)28-25(27-21)24-20-5-3-17(26)15-22(20)29-30-24/h3-6,15-16,18H,2,7-14H2,1H3,(H,27,28)(H,29,30).